The highest BCUT2D eigenvalue weighted by Crippen LogP contribution is 2.25. The minimum atomic E-state index is -0.482. The molecule has 1 aromatic rings. The molecule has 0 amide bonds. The number of H-pyrrole nitrogens is 1. The zero-order chi connectivity index (χ0) is 21.6. The van der Waals surface area contributed by atoms with Gasteiger partial charge in [-0.3, -0.25) is 14.3 Å². The monoisotopic (exact) mass is 423 g/mol. The molecule has 2 rings (SSSR count). The van der Waals surface area contributed by atoms with Crippen molar-refractivity contribution in [3.05, 3.63) is 20.8 Å². The van der Waals surface area contributed by atoms with Gasteiger partial charge in [0.2, 0.25) is 0 Å². The van der Waals surface area contributed by atoms with Crippen LogP contribution in [-0.4, -0.2) is 27.3 Å². The van der Waals surface area contributed by atoms with Gasteiger partial charge in [0, 0.05) is 19.1 Å². The zero-order valence-electron chi connectivity index (χ0n) is 18.3. The van der Waals surface area contributed by atoms with Crippen molar-refractivity contribution in [1.82, 2.24) is 14.9 Å². The van der Waals surface area contributed by atoms with Gasteiger partial charge in [0.1, 0.15) is 5.82 Å². The normalized spacial score (nSPS) is 19.3. The summed E-state index contributed by atoms with van der Waals surface area (Å²) in [5.41, 5.74) is 5.68. The van der Waals surface area contributed by atoms with E-state index >= 15 is 0 Å². The molecule has 164 valence electrons. The second-order valence-electron chi connectivity index (χ2n) is 8.65. The van der Waals surface area contributed by atoms with E-state index in [1.807, 2.05) is 6.92 Å². The highest BCUT2D eigenvalue weighted by molar-refractivity contribution is 7.80. The molecule has 0 aromatic carbocycles. The minimum Gasteiger partial charge on any atom is -0.383 e. The summed E-state index contributed by atoms with van der Waals surface area (Å²) in [6.45, 7) is 9.60. The Kier molecular flexibility index (Phi) is 8.74. The third-order valence-corrected chi connectivity index (χ3v) is 6.15. The molecular weight excluding hydrogens is 386 g/mol. The predicted octanol–water partition coefficient (Wildman–Crippen LogP) is 3.22. The predicted molar refractivity (Wildman–Crippen MR) is 125 cm³/mol. The first-order valence-corrected chi connectivity index (χ1v) is 11.4. The molecule has 1 saturated carbocycles. The number of hydrogen-bond donors (Lipinski definition) is 3. The average Bonchev–Trinajstić information content (AvgIpc) is 2.65. The molecule has 4 N–H and O–H groups in total. The number of hydrogen-bond acceptors (Lipinski definition) is 4. The van der Waals surface area contributed by atoms with Crippen LogP contribution in [-0.2, 0) is 6.54 Å². The molecule has 1 fully saturated rings. The van der Waals surface area contributed by atoms with E-state index < -0.39 is 11.2 Å². The Hall–Kier alpha value is -1.83. The molecule has 0 unspecified atom stereocenters. The SMILES string of the molecule is CCCCn1c(N)c(N(CCC(C)C)C(=S)N[C@@H]2CCCC[C@@H]2C)c(=O)[nH]c1=O. The fourth-order valence-electron chi connectivity index (χ4n) is 3.85. The highest BCUT2D eigenvalue weighted by Gasteiger charge is 2.26. The number of anilines is 2. The summed E-state index contributed by atoms with van der Waals surface area (Å²) < 4.78 is 1.45. The summed E-state index contributed by atoms with van der Waals surface area (Å²) in [7, 11) is 0. The number of nitrogen functional groups attached to an aromatic ring is 1. The largest absolute Gasteiger partial charge is 0.383 e. The number of unbranched alkanes of at least 4 members (excludes halogenated alkanes) is 1. The minimum absolute atomic E-state index is 0.191. The number of rotatable bonds is 8. The molecule has 1 heterocycles. The third kappa shape index (κ3) is 6.07. The van der Waals surface area contributed by atoms with Crippen LogP contribution in [0.4, 0.5) is 11.5 Å². The van der Waals surface area contributed by atoms with Crippen LogP contribution < -0.4 is 27.2 Å². The molecule has 2 atom stereocenters. The van der Waals surface area contributed by atoms with Crippen LogP contribution in [0.25, 0.3) is 0 Å². The van der Waals surface area contributed by atoms with E-state index in [1.165, 1.54) is 23.8 Å². The van der Waals surface area contributed by atoms with Gasteiger partial charge >= 0.3 is 5.69 Å². The van der Waals surface area contributed by atoms with Crippen molar-refractivity contribution in [1.29, 1.82) is 0 Å². The molecule has 0 radical (unpaired) electrons. The molecule has 29 heavy (non-hydrogen) atoms. The van der Waals surface area contributed by atoms with Crippen LogP contribution in [0.5, 0.6) is 0 Å². The number of nitrogens with zero attached hydrogens (tertiary/aromatic N) is 2. The molecule has 1 aromatic heterocycles. The average molecular weight is 424 g/mol. The maximum Gasteiger partial charge on any atom is 0.330 e. The van der Waals surface area contributed by atoms with Crippen molar-refractivity contribution < 1.29 is 0 Å². The molecule has 8 heteroatoms. The van der Waals surface area contributed by atoms with Gasteiger partial charge in [0.05, 0.1) is 0 Å². The van der Waals surface area contributed by atoms with Crippen molar-refractivity contribution in [2.45, 2.75) is 85.2 Å². The van der Waals surface area contributed by atoms with Crippen molar-refractivity contribution in [2.75, 3.05) is 17.2 Å². The Morgan fingerprint density at radius 1 is 1.34 bits per heavy atom. The van der Waals surface area contributed by atoms with Crippen molar-refractivity contribution in [2.24, 2.45) is 11.8 Å². The van der Waals surface area contributed by atoms with Gasteiger partial charge in [-0.2, -0.15) is 0 Å². The van der Waals surface area contributed by atoms with Crippen LogP contribution in [0.2, 0.25) is 0 Å². The standard InChI is InChI=1S/C21H37N5O2S/c1-5-6-12-26-18(22)17(19(27)24-20(26)28)25(13-11-14(2)3)21(29)23-16-10-8-7-9-15(16)4/h14-16H,5-13,22H2,1-4H3,(H,23,29)(H,24,27,28)/t15-,16+/m0/s1. The van der Waals surface area contributed by atoms with Gasteiger partial charge in [-0.25, -0.2) is 4.79 Å². The number of nitrogens with two attached hydrogens (primary N) is 1. The lowest BCUT2D eigenvalue weighted by Gasteiger charge is -2.34. The number of thiocarbonyl (C=S) groups is 1. The molecule has 0 spiro atoms. The Labute approximate surface area is 179 Å². The maximum atomic E-state index is 12.8. The molecular formula is C21H37N5O2S. The van der Waals surface area contributed by atoms with Gasteiger partial charge in [0.25, 0.3) is 5.56 Å². The van der Waals surface area contributed by atoms with Crippen molar-refractivity contribution >= 4 is 28.8 Å². The lowest BCUT2D eigenvalue weighted by molar-refractivity contribution is 0.309. The quantitative estimate of drug-likeness (QED) is 0.556. The van der Waals surface area contributed by atoms with E-state index in [9.17, 15) is 9.59 Å². The topological polar surface area (TPSA) is 96.2 Å². The van der Waals surface area contributed by atoms with Gasteiger partial charge in [-0.1, -0.05) is 47.0 Å². The molecule has 1 aliphatic rings. The van der Waals surface area contributed by atoms with E-state index in [1.54, 1.807) is 4.90 Å². The van der Waals surface area contributed by atoms with E-state index in [-0.39, 0.29) is 11.5 Å². The van der Waals surface area contributed by atoms with E-state index in [0.717, 1.165) is 25.7 Å². The van der Waals surface area contributed by atoms with Crippen molar-refractivity contribution in [3.8, 4) is 0 Å². The van der Waals surface area contributed by atoms with Crippen LogP contribution in [0.3, 0.4) is 0 Å². The number of aromatic amines is 1. The molecule has 1 aliphatic carbocycles. The summed E-state index contributed by atoms with van der Waals surface area (Å²) in [4.78, 5) is 29.3. The molecule has 0 aliphatic heterocycles. The Morgan fingerprint density at radius 3 is 2.66 bits per heavy atom. The van der Waals surface area contributed by atoms with Crippen LogP contribution in [0.15, 0.2) is 9.59 Å². The molecule has 0 saturated heterocycles. The van der Waals surface area contributed by atoms with Crippen LogP contribution in [0.1, 0.15) is 72.6 Å². The summed E-state index contributed by atoms with van der Waals surface area (Å²) in [6.07, 6.45) is 7.27. The first kappa shape index (κ1) is 23.4. The first-order chi connectivity index (χ1) is 13.8. The maximum absolute atomic E-state index is 12.8. The number of nitrogens with one attached hydrogen (secondary N) is 2. The van der Waals surface area contributed by atoms with Crippen LogP contribution in [0, 0.1) is 11.8 Å². The summed E-state index contributed by atoms with van der Waals surface area (Å²) in [5, 5.41) is 4.00. The van der Waals surface area contributed by atoms with Gasteiger partial charge in [-0.15, -0.1) is 0 Å². The highest BCUT2D eigenvalue weighted by atomic mass is 32.1. The Bertz CT molecular complexity index is 801. The van der Waals surface area contributed by atoms with Gasteiger partial charge < -0.3 is 16.0 Å². The fraction of sp³-hybridized carbons (Fsp3) is 0.762. The smallest absolute Gasteiger partial charge is 0.330 e. The third-order valence-electron chi connectivity index (χ3n) is 5.81. The first-order valence-electron chi connectivity index (χ1n) is 11.0. The lowest BCUT2D eigenvalue weighted by atomic mass is 9.86. The van der Waals surface area contributed by atoms with E-state index in [4.69, 9.17) is 18.0 Å². The van der Waals surface area contributed by atoms with Gasteiger partial charge in [-0.05, 0) is 49.7 Å². The summed E-state index contributed by atoms with van der Waals surface area (Å²) >= 11 is 5.75. The second kappa shape index (κ2) is 10.8. The van der Waals surface area contributed by atoms with Crippen LogP contribution >= 0.6 is 12.2 Å². The molecule has 7 nitrogen and oxygen atoms in total. The number of aromatic nitrogens is 2. The second-order valence-corrected chi connectivity index (χ2v) is 9.04. The zero-order valence-corrected chi connectivity index (χ0v) is 19.1. The molecule has 0 bridgehead atoms. The lowest BCUT2D eigenvalue weighted by Crippen LogP contribution is -2.50. The summed E-state index contributed by atoms with van der Waals surface area (Å²) in [5.74, 6) is 1.17. The van der Waals surface area contributed by atoms with Crippen molar-refractivity contribution in [3.63, 3.8) is 0 Å². The Morgan fingerprint density at radius 2 is 2.03 bits per heavy atom. The summed E-state index contributed by atoms with van der Waals surface area (Å²) in [6, 6.07) is 0.295. The van der Waals surface area contributed by atoms with E-state index in [0.29, 0.717) is 36.1 Å². The van der Waals surface area contributed by atoms with E-state index in [2.05, 4.69) is 31.1 Å². The van der Waals surface area contributed by atoms with Gasteiger partial charge in [0.15, 0.2) is 10.8 Å². The Balaban J connectivity index is 2.39. The fourth-order valence-corrected chi connectivity index (χ4v) is 4.18.